The van der Waals surface area contributed by atoms with Gasteiger partial charge in [-0.3, -0.25) is 0 Å². The normalized spacial score (nSPS) is 12.8. The Balaban J connectivity index is 2.80. The third-order valence-electron chi connectivity index (χ3n) is 2.66. The van der Waals surface area contributed by atoms with Gasteiger partial charge in [0.1, 0.15) is 11.2 Å². The minimum Gasteiger partial charge on any atom is -0.365 e. The van der Waals surface area contributed by atoms with E-state index < -0.39 is 24.5 Å². The second-order valence-corrected chi connectivity index (χ2v) is 4.53. The van der Waals surface area contributed by atoms with E-state index in [9.17, 15) is 17.6 Å². The van der Waals surface area contributed by atoms with Gasteiger partial charge in [0, 0.05) is 12.5 Å². The highest BCUT2D eigenvalue weighted by atomic mass is 35.5. The Morgan fingerprint density at radius 3 is 2.65 bits per heavy atom. The molecule has 0 bridgehead atoms. The van der Waals surface area contributed by atoms with Gasteiger partial charge in [-0.05, 0) is 18.9 Å². The molecule has 8 heteroatoms. The largest absolute Gasteiger partial charge is 0.389 e. The second-order valence-electron chi connectivity index (χ2n) is 4.17. The molecule has 1 aromatic rings. The first-order valence-electron chi connectivity index (χ1n) is 5.86. The number of alkyl halides is 3. The number of nitrogens with one attached hydrogen (secondary N) is 1. The molecule has 1 N–H and O–H groups in total. The van der Waals surface area contributed by atoms with E-state index in [-0.39, 0.29) is 23.0 Å². The van der Waals surface area contributed by atoms with E-state index in [2.05, 4.69) is 10.3 Å². The summed E-state index contributed by atoms with van der Waals surface area (Å²) < 4.78 is 50.1. The lowest BCUT2D eigenvalue weighted by molar-refractivity contribution is -0.136. The molecule has 0 fully saturated rings. The third kappa shape index (κ3) is 4.85. The monoisotopic (exact) mass is 309 g/mol. The Kier molecular flexibility index (Phi) is 5.57. The van der Waals surface area contributed by atoms with Crippen molar-refractivity contribution in [3.8, 4) is 6.07 Å². The molecule has 0 aromatic carbocycles. The van der Waals surface area contributed by atoms with Crippen LogP contribution in [-0.2, 0) is 0 Å². The summed E-state index contributed by atoms with van der Waals surface area (Å²) in [6, 6.07) is 1.98. The Labute approximate surface area is 118 Å². The van der Waals surface area contributed by atoms with Crippen molar-refractivity contribution in [1.29, 1.82) is 5.26 Å². The molecule has 0 aliphatic heterocycles. The fourth-order valence-corrected chi connectivity index (χ4v) is 1.74. The fraction of sp³-hybridized carbons (Fsp3) is 0.500. The molecular formula is C12H12ClF4N3. The highest BCUT2D eigenvalue weighted by Crippen LogP contribution is 2.25. The van der Waals surface area contributed by atoms with Crippen molar-refractivity contribution in [1.82, 2.24) is 4.98 Å². The summed E-state index contributed by atoms with van der Waals surface area (Å²) in [4.78, 5) is 3.65. The molecule has 0 aliphatic carbocycles. The van der Waals surface area contributed by atoms with Crippen molar-refractivity contribution < 1.29 is 17.6 Å². The molecule has 0 radical (unpaired) electrons. The Bertz CT molecular complexity index is 511. The molecule has 1 rings (SSSR count). The van der Waals surface area contributed by atoms with E-state index >= 15 is 0 Å². The third-order valence-corrected chi connectivity index (χ3v) is 2.95. The number of nitrogens with zero attached hydrogens (tertiary/aromatic N) is 2. The number of hydrogen-bond acceptors (Lipinski definition) is 3. The van der Waals surface area contributed by atoms with Crippen molar-refractivity contribution in [2.45, 2.75) is 38.4 Å². The van der Waals surface area contributed by atoms with Crippen molar-refractivity contribution in [2.75, 3.05) is 5.32 Å². The zero-order valence-electron chi connectivity index (χ0n) is 10.6. The van der Waals surface area contributed by atoms with Crippen LogP contribution in [0.5, 0.6) is 0 Å². The predicted octanol–water partition coefficient (Wildman–Crippen LogP) is 4.28. The molecule has 0 aliphatic rings. The van der Waals surface area contributed by atoms with Gasteiger partial charge in [-0.1, -0.05) is 18.5 Å². The van der Waals surface area contributed by atoms with Crippen LogP contribution >= 0.6 is 11.6 Å². The summed E-state index contributed by atoms with van der Waals surface area (Å²) in [5, 5.41) is 11.0. The maximum absolute atomic E-state index is 13.6. The van der Waals surface area contributed by atoms with E-state index in [0.717, 1.165) is 6.07 Å². The topological polar surface area (TPSA) is 48.7 Å². The van der Waals surface area contributed by atoms with Gasteiger partial charge in [-0.25, -0.2) is 9.37 Å². The Hall–Kier alpha value is -1.55. The smallest absolute Gasteiger partial charge is 0.365 e. The summed E-state index contributed by atoms with van der Waals surface area (Å²) in [6.07, 6.45) is -5.05. The highest BCUT2D eigenvalue weighted by Gasteiger charge is 2.28. The Morgan fingerprint density at radius 2 is 2.15 bits per heavy atom. The lowest BCUT2D eigenvalue weighted by Gasteiger charge is -2.19. The first kappa shape index (κ1) is 16.5. The minimum atomic E-state index is -4.26. The zero-order valence-corrected chi connectivity index (χ0v) is 11.3. The quantitative estimate of drug-likeness (QED) is 0.652. The molecule has 0 amide bonds. The van der Waals surface area contributed by atoms with Crippen molar-refractivity contribution in [3.63, 3.8) is 0 Å². The number of halogens is 5. The van der Waals surface area contributed by atoms with Crippen LogP contribution in [0.1, 0.15) is 31.7 Å². The van der Waals surface area contributed by atoms with Crippen LogP contribution in [-0.4, -0.2) is 17.2 Å². The number of nitriles is 1. The molecule has 20 heavy (non-hydrogen) atoms. The molecule has 1 heterocycles. The molecular weight excluding hydrogens is 298 g/mol. The van der Waals surface area contributed by atoms with E-state index in [1.54, 1.807) is 13.0 Å². The lowest BCUT2D eigenvalue weighted by Crippen LogP contribution is -2.23. The van der Waals surface area contributed by atoms with Crippen LogP contribution in [0, 0.1) is 17.1 Å². The number of aromatic nitrogens is 1. The summed E-state index contributed by atoms with van der Waals surface area (Å²) in [5.74, 6) is -1.07. The molecule has 3 nitrogen and oxygen atoms in total. The molecule has 110 valence electrons. The van der Waals surface area contributed by atoms with Gasteiger partial charge >= 0.3 is 6.18 Å². The predicted molar refractivity (Wildman–Crippen MR) is 66.9 cm³/mol. The van der Waals surface area contributed by atoms with Crippen LogP contribution in [0.4, 0.5) is 23.4 Å². The number of anilines is 1. The SMILES string of the molecule is CC[C@@H](CCC(F)(F)F)Nc1nc(Cl)c(C#N)cc1F. The molecule has 0 saturated carbocycles. The maximum atomic E-state index is 13.6. The first-order chi connectivity index (χ1) is 9.26. The zero-order chi connectivity index (χ0) is 15.3. The van der Waals surface area contributed by atoms with Gasteiger partial charge in [0.2, 0.25) is 0 Å². The van der Waals surface area contributed by atoms with Gasteiger partial charge in [-0.2, -0.15) is 18.4 Å². The van der Waals surface area contributed by atoms with E-state index in [1.807, 2.05) is 0 Å². The standard InChI is InChI=1S/C12H12ClF4N3/c1-2-8(3-4-12(15,16)17)19-11-9(14)5-7(6-18)10(13)20-11/h5,8H,2-4H2,1H3,(H,19,20)/t8-/m0/s1. The fourth-order valence-electron chi connectivity index (χ4n) is 1.56. The summed E-state index contributed by atoms with van der Waals surface area (Å²) >= 11 is 5.66. The van der Waals surface area contributed by atoms with Gasteiger partial charge < -0.3 is 5.32 Å². The second kappa shape index (κ2) is 6.75. The van der Waals surface area contributed by atoms with E-state index in [0.29, 0.717) is 6.42 Å². The van der Waals surface area contributed by atoms with Gasteiger partial charge in [0.15, 0.2) is 11.6 Å². The molecule has 0 saturated heterocycles. The Morgan fingerprint density at radius 1 is 1.50 bits per heavy atom. The maximum Gasteiger partial charge on any atom is 0.389 e. The van der Waals surface area contributed by atoms with Crippen LogP contribution in [0.3, 0.4) is 0 Å². The van der Waals surface area contributed by atoms with Crippen molar-refractivity contribution in [3.05, 3.63) is 22.6 Å². The number of hydrogen-bond donors (Lipinski definition) is 1. The van der Waals surface area contributed by atoms with E-state index in [1.165, 1.54) is 0 Å². The first-order valence-corrected chi connectivity index (χ1v) is 6.24. The number of rotatable bonds is 5. The summed E-state index contributed by atoms with van der Waals surface area (Å²) in [5.41, 5.74) is -0.127. The van der Waals surface area contributed by atoms with Crippen LogP contribution < -0.4 is 5.32 Å². The van der Waals surface area contributed by atoms with Crippen LogP contribution in [0.15, 0.2) is 6.07 Å². The molecule has 1 aromatic heterocycles. The number of pyridine rings is 1. The van der Waals surface area contributed by atoms with E-state index in [4.69, 9.17) is 16.9 Å². The average molecular weight is 310 g/mol. The molecule has 0 unspecified atom stereocenters. The van der Waals surface area contributed by atoms with Crippen molar-refractivity contribution >= 4 is 17.4 Å². The van der Waals surface area contributed by atoms with Crippen molar-refractivity contribution in [2.24, 2.45) is 0 Å². The molecule has 0 spiro atoms. The van der Waals surface area contributed by atoms with Crippen LogP contribution in [0.2, 0.25) is 5.15 Å². The average Bonchev–Trinajstić information content (AvgIpc) is 2.36. The minimum absolute atomic E-state index is 0.127. The summed E-state index contributed by atoms with van der Waals surface area (Å²) in [7, 11) is 0. The van der Waals surface area contributed by atoms with Crippen LogP contribution in [0.25, 0.3) is 0 Å². The highest BCUT2D eigenvalue weighted by molar-refractivity contribution is 6.30. The lowest BCUT2D eigenvalue weighted by atomic mass is 10.1. The van der Waals surface area contributed by atoms with Gasteiger partial charge in [-0.15, -0.1) is 0 Å². The summed E-state index contributed by atoms with van der Waals surface area (Å²) in [6.45, 7) is 1.68. The van der Waals surface area contributed by atoms with Gasteiger partial charge in [0.05, 0.1) is 5.56 Å². The van der Waals surface area contributed by atoms with Gasteiger partial charge in [0.25, 0.3) is 0 Å². The molecule has 1 atom stereocenters.